The molecule has 0 radical (unpaired) electrons. The van der Waals surface area contributed by atoms with E-state index in [0.717, 1.165) is 11.1 Å². The van der Waals surface area contributed by atoms with Crippen molar-refractivity contribution in [2.24, 2.45) is 5.73 Å². The van der Waals surface area contributed by atoms with Crippen molar-refractivity contribution in [1.82, 2.24) is 4.40 Å². The number of rotatable bonds is 5. The van der Waals surface area contributed by atoms with Crippen LogP contribution in [-0.2, 0) is 10.5 Å². The van der Waals surface area contributed by atoms with Crippen LogP contribution in [0.1, 0.15) is 25.0 Å². The minimum atomic E-state index is -1.02. The lowest BCUT2D eigenvalue weighted by Crippen LogP contribution is -2.46. The van der Waals surface area contributed by atoms with E-state index < -0.39 is 16.8 Å². The Balaban J connectivity index is 2.25. The molecule has 110 valence electrons. The van der Waals surface area contributed by atoms with Crippen LogP contribution in [-0.4, -0.2) is 26.3 Å². The van der Waals surface area contributed by atoms with Gasteiger partial charge in [-0.3, -0.25) is 4.79 Å². The first-order valence-corrected chi connectivity index (χ1v) is 7.46. The van der Waals surface area contributed by atoms with Crippen LogP contribution in [0.5, 0.6) is 0 Å². The van der Waals surface area contributed by atoms with Crippen molar-refractivity contribution in [2.45, 2.75) is 30.4 Å². The zero-order valence-corrected chi connectivity index (χ0v) is 12.7. The highest BCUT2D eigenvalue weighted by Gasteiger charge is 2.32. The van der Waals surface area contributed by atoms with Crippen LogP contribution in [0.15, 0.2) is 30.6 Å². The molecule has 5 nitrogen and oxygen atoms in total. The fraction of sp³-hybridized carbons (Fsp3) is 0.333. The largest absolute Gasteiger partial charge is 0.480 e. The Labute approximate surface area is 127 Å². The molecule has 0 aliphatic heterocycles. The number of hydrogen-bond acceptors (Lipinski definition) is 4. The Hall–Kier alpha value is -1.97. The molecule has 0 saturated heterocycles. The van der Waals surface area contributed by atoms with Gasteiger partial charge in [0, 0.05) is 22.9 Å². The Bertz CT molecular complexity index is 715. The normalized spacial score (nSPS) is 13.0. The maximum atomic E-state index is 11.0. The van der Waals surface area contributed by atoms with Crippen LogP contribution in [0.25, 0.3) is 5.52 Å². The molecule has 0 saturated carbocycles. The third kappa shape index (κ3) is 3.04. The second-order valence-corrected chi connectivity index (χ2v) is 6.97. The minimum Gasteiger partial charge on any atom is -0.480 e. The van der Waals surface area contributed by atoms with Gasteiger partial charge >= 0.3 is 5.97 Å². The Morgan fingerprint density at radius 1 is 1.57 bits per heavy atom. The van der Waals surface area contributed by atoms with Crippen LogP contribution in [0.3, 0.4) is 0 Å². The van der Waals surface area contributed by atoms with Crippen LogP contribution < -0.4 is 5.73 Å². The summed E-state index contributed by atoms with van der Waals surface area (Å²) >= 11 is 1.44. The number of aromatic nitrogens is 1. The first kappa shape index (κ1) is 15.4. The summed E-state index contributed by atoms with van der Waals surface area (Å²) in [6.45, 7) is 3.61. The van der Waals surface area contributed by atoms with Gasteiger partial charge in [-0.1, -0.05) is 6.07 Å². The van der Waals surface area contributed by atoms with Gasteiger partial charge in [0.05, 0.1) is 11.1 Å². The number of hydrogen-bond donors (Lipinski definition) is 2. The molecule has 21 heavy (non-hydrogen) atoms. The number of carboxylic acids is 1. The van der Waals surface area contributed by atoms with Crippen molar-refractivity contribution >= 4 is 23.2 Å². The first-order chi connectivity index (χ1) is 9.86. The van der Waals surface area contributed by atoms with E-state index in [9.17, 15) is 10.1 Å². The van der Waals surface area contributed by atoms with Crippen molar-refractivity contribution in [3.8, 4) is 6.07 Å². The van der Waals surface area contributed by atoms with E-state index in [1.165, 1.54) is 11.8 Å². The Morgan fingerprint density at radius 2 is 2.29 bits per heavy atom. The van der Waals surface area contributed by atoms with E-state index in [1.807, 2.05) is 35.0 Å². The maximum absolute atomic E-state index is 11.0. The van der Waals surface area contributed by atoms with Gasteiger partial charge < -0.3 is 15.2 Å². The topological polar surface area (TPSA) is 91.5 Å². The highest BCUT2D eigenvalue weighted by atomic mass is 32.2. The summed E-state index contributed by atoms with van der Waals surface area (Å²) < 4.78 is 1.28. The molecular formula is C15H17N3O2S. The maximum Gasteiger partial charge on any atom is 0.321 e. The summed E-state index contributed by atoms with van der Waals surface area (Å²) in [6.07, 6.45) is 3.79. The number of thioether (sulfide) groups is 1. The zero-order chi connectivity index (χ0) is 15.6. The number of aliphatic carboxylic acids is 1. The lowest BCUT2D eigenvalue weighted by molar-refractivity contribution is -0.139. The van der Waals surface area contributed by atoms with E-state index in [-0.39, 0.29) is 0 Å². The Kier molecular flexibility index (Phi) is 4.26. The molecule has 0 aromatic carbocycles. The van der Waals surface area contributed by atoms with Crippen molar-refractivity contribution in [3.63, 3.8) is 0 Å². The fourth-order valence-corrected chi connectivity index (χ4v) is 3.09. The SMILES string of the molecule is CC(C)(SCc1cn2ccccc2c1C#N)[C@H](N)C(=O)O. The summed E-state index contributed by atoms with van der Waals surface area (Å²) in [5.41, 5.74) is 8.09. The van der Waals surface area contributed by atoms with Gasteiger partial charge in [0.1, 0.15) is 12.1 Å². The van der Waals surface area contributed by atoms with E-state index in [4.69, 9.17) is 10.8 Å². The highest BCUT2D eigenvalue weighted by Crippen LogP contribution is 2.32. The fourth-order valence-electron chi connectivity index (χ4n) is 2.07. The lowest BCUT2D eigenvalue weighted by Gasteiger charge is -2.27. The molecule has 0 aliphatic rings. The average Bonchev–Trinajstić information content (AvgIpc) is 2.81. The molecule has 0 fully saturated rings. The van der Waals surface area contributed by atoms with E-state index >= 15 is 0 Å². The molecule has 0 unspecified atom stereocenters. The van der Waals surface area contributed by atoms with Crippen molar-refractivity contribution in [1.29, 1.82) is 5.26 Å². The van der Waals surface area contributed by atoms with E-state index in [1.54, 1.807) is 13.8 Å². The summed E-state index contributed by atoms with van der Waals surface area (Å²) in [5, 5.41) is 18.4. The van der Waals surface area contributed by atoms with Gasteiger partial charge in [0.2, 0.25) is 0 Å². The van der Waals surface area contributed by atoms with Crippen LogP contribution in [0.2, 0.25) is 0 Å². The molecule has 3 N–H and O–H groups in total. The lowest BCUT2D eigenvalue weighted by atomic mass is 10.1. The average molecular weight is 303 g/mol. The molecule has 2 aromatic heterocycles. The molecule has 1 atom stereocenters. The number of pyridine rings is 1. The highest BCUT2D eigenvalue weighted by molar-refractivity contribution is 7.99. The van der Waals surface area contributed by atoms with Gasteiger partial charge in [-0.05, 0) is 31.5 Å². The monoisotopic (exact) mass is 303 g/mol. The van der Waals surface area contributed by atoms with Crippen molar-refractivity contribution in [2.75, 3.05) is 0 Å². The predicted molar refractivity (Wildman–Crippen MR) is 83.1 cm³/mol. The molecule has 0 amide bonds. The summed E-state index contributed by atoms with van der Waals surface area (Å²) in [6, 6.07) is 6.95. The molecule has 0 bridgehead atoms. The first-order valence-electron chi connectivity index (χ1n) is 6.48. The summed E-state index contributed by atoms with van der Waals surface area (Å²) in [7, 11) is 0. The number of nitriles is 1. The Morgan fingerprint density at radius 3 is 2.90 bits per heavy atom. The quantitative estimate of drug-likeness (QED) is 0.883. The number of nitrogens with zero attached hydrogens (tertiary/aromatic N) is 2. The van der Waals surface area contributed by atoms with Crippen LogP contribution in [0, 0.1) is 11.3 Å². The molecule has 0 aliphatic carbocycles. The number of carboxylic acid groups (broad SMARTS) is 1. The summed E-state index contributed by atoms with van der Waals surface area (Å²) in [4.78, 5) is 11.0. The van der Waals surface area contributed by atoms with Crippen LogP contribution in [0.4, 0.5) is 0 Å². The number of fused-ring (bicyclic) bond motifs is 1. The zero-order valence-electron chi connectivity index (χ0n) is 11.9. The van der Waals surface area contributed by atoms with Gasteiger partial charge in [0.25, 0.3) is 0 Å². The third-order valence-corrected chi connectivity index (χ3v) is 4.94. The molecule has 2 rings (SSSR count). The van der Waals surface area contributed by atoms with E-state index in [2.05, 4.69) is 6.07 Å². The molecule has 2 heterocycles. The van der Waals surface area contributed by atoms with Crippen molar-refractivity contribution < 1.29 is 9.90 Å². The van der Waals surface area contributed by atoms with Crippen LogP contribution >= 0.6 is 11.8 Å². The third-order valence-electron chi connectivity index (χ3n) is 3.49. The van der Waals surface area contributed by atoms with Crippen molar-refractivity contribution in [3.05, 3.63) is 41.7 Å². The number of carbonyl (C=O) groups is 1. The molecule has 6 heteroatoms. The standard InChI is InChI=1S/C15H17N3O2S/c1-15(2,13(17)14(19)20)21-9-10-8-18-6-4-3-5-12(18)11(10)7-16/h3-6,8,13H,9,17H2,1-2H3,(H,19,20)/t13-/m1/s1. The molecular weight excluding hydrogens is 286 g/mol. The van der Waals surface area contributed by atoms with Gasteiger partial charge in [-0.2, -0.15) is 5.26 Å². The molecule has 2 aromatic rings. The van der Waals surface area contributed by atoms with Gasteiger partial charge in [-0.25, -0.2) is 0 Å². The summed E-state index contributed by atoms with van der Waals surface area (Å²) in [5.74, 6) is -0.478. The second kappa shape index (κ2) is 5.80. The second-order valence-electron chi connectivity index (χ2n) is 5.34. The predicted octanol–water partition coefficient (Wildman–Crippen LogP) is 2.23. The smallest absolute Gasteiger partial charge is 0.321 e. The molecule has 0 spiro atoms. The van der Waals surface area contributed by atoms with Gasteiger partial charge in [0.15, 0.2) is 0 Å². The number of nitrogens with two attached hydrogens (primary N) is 1. The van der Waals surface area contributed by atoms with E-state index in [0.29, 0.717) is 11.3 Å². The minimum absolute atomic E-state index is 0.540. The van der Waals surface area contributed by atoms with Gasteiger partial charge in [-0.15, -0.1) is 11.8 Å².